The van der Waals surface area contributed by atoms with E-state index in [4.69, 9.17) is 11.6 Å². The first kappa shape index (κ1) is 20.3. The van der Waals surface area contributed by atoms with Gasteiger partial charge in [0, 0.05) is 17.0 Å². The minimum absolute atomic E-state index is 0.296. The molecule has 4 heterocycles. The summed E-state index contributed by atoms with van der Waals surface area (Å²) in [6, 6.07) is 15.6. The third-order valence-corrected chi connectivity index (χ3v) is 6.09. The molecule has 7 nitrogen and oxygen atoms in total. The van der Waals surface area contributed by atoms with E-state index in [-0.39, 0.29) is 5.91 Å². The second-order valence-corrected chi connectivity index (χ2v) is 8.37. The summed E-state index contributed by atoms with van der Waals surface area (Å²) in [4.78, 5) is 26.2. The third kappa shape index (κ3) is 3.98. The molecule has 5 aromatic rings. The molecule has 4 aromatic heterocycles. The van der Waals surface area contributed by atoms with Crippen molar-refractivity contribution < 1.29 is 4.79 Å². The highest BCUT2D eigenvalue weighted by molar-refractivity contribution is 7.14. The van der Waals surface area contributed by atoms with Crippen LogP contribution in [0.4, 0.5) is 5.13 Å². The molecule has 0 bridgehead atoms. The van der Waals surface area contributed by atoms with Gasteiger partial charge in [-0.3, -0.25) is 15.1 Å². The number of hydrogen-bond donors (Lipinski definition) is 1. The van der Waals surface area contributed by atoms with Gasteiger partial charge < -0.3 is 0 Å². The number of fused-ring (bicyclic) bond motifs is 1. The Labute approximate surface area is 192 Å². The molecule has 0 radical (unpaired) electrons. The van der Waals surface area contributed by atoms with Gasteiger partial charge in [-0.25, -0.2) is 14.6 Å². The first-order valence-corrected chi connectivity index (χ1v) is 11.1. The predicted octanol–water partition coefficient (Wildman–Crippen LogP) is 5.21. The largest absolute Gasteiger partial charge is 0.298 e. The normalized spacial score (nSPS) is 11.1. The van der Waals surface area contributed by atoms with Crippen LogP contribution >= 0.6 is 22.9 Å². The molecule has 32 heavy (non-hydrogen) atoms. The molecule has 0 aliphatic heterocycles. The summed E-state index contributed by atoms with van der Waals surface area (Å²) >= 11 is 7.83. The van der Waals surface area contributed by atoms with Crippen molar-refractivity contribution in [1.29, 1.82) is 0 Å². The molecule has 1 N–H and O–H groups in total. The standard InChI is InChI=1S/C23H17ClN6OS/c1-14-20(21(24)30(29-14)12-15-5-3-2-4-6-15)22(31)28-23-27-19(13-32-23)17-8-7-16-9-10-25-11-18(16)26-17/h2-11,13H,12H2,1H3,(H,27,28,31). The van der Waals surface area contributed by atoms with Crippen molar-refractivity contribution in [3.05, 3.63) is 88.3 Å². The van der Waals surface area contributed by atoms with Crippen molar-refractivity contribution in [2.75, 3.05) is 5.32 Å². The molecule has 1 amide bonds. The molecule has 5 rings (SSSR count). The lowest BCUT2D eigenvalue weighted by Gasteiger charge is -2.04. The van der Waals surface area contributed by atoms with Gasteiger partial charge in [0.15, 0.2) is 5.13 Å². The first-order valence-electron chi connectivity index (χ1n) is 9.83. The van der Waals surface area contributed by atoms with E-state index < -0.39 is 0 Å². The number of nitrogens with zero attached hydrogens (tertiary/aromatic N) is 5. The molecule has 0 atom stereocenters. The van der Waals surface area contributed by atoms with E-state index >= 15 is 0 Å². The van der Waals surface area contributed by atoms with Gasteiger partial charge in [-0.2, -0.15) is 5.10 Å². The fourth-order valence-corrected chi connectivity index (χ4v) is 4.41. The number of pyridine rings is 2. The van der Waals surface area contributed by atoms with Gasteiger partial charge in [0.05, 0.1) is 35.2 Å². The van der Waals surface area contributed by atoms with Crippen molar-refractivity contribution in [2.24, 2.45) is 0 Å². The Morgan fingerprint density at radius 1 is 1.09 bits per heavy atom. The topological polar surface area (TPSA) is 85.6 Å². The number of halogens is 1. The zero-order valence-electron chi connectivity index (χ0n) is 17.0. The maximum absolute atomic E-state index is 12.9. The minimum Gasteiger partial charge on any atom is -0.298 e. The van der Waals surface area contributed by atoms with Crippen molar-refractivity contribution in [3.8, 4) is 11.4 Å². The van der Waals surface area contributed by atoms with E-state index in [0.717, 1.165) is 16.5 Å². The zero-order valence-corrected chi connectivity index (χ0v) is 18.6. The first-order chi connectivity index (χ1) is 15.6. The second-order valence-electron chi connectivity index (χ2n) is 7.15. The number of anilines is 1. The maximum Gasteiger partial charge on any atom is 0.262 e. The van der Waals surface area contributed by atoms with Gasteiger partial charge in [-0.15, -0.1) is 11.3 Å². The number of amides is 1. The van der Waals surface area contributed by atoms with E-state index in [9.17, 15) is 4.79 Å². The van der Waals surface area contributed by atoms with Crippen LogP contribution in [0.5, 0.6) is 0 Å². The highest BCUT2D eigenvalue weighted by atomic mass is 35.5. The Balaban J connectivity index is 1.36. The summed E-state index contributed by atoms with van der Waals surface area (Å²) in [7, 11) is 0. The zero-order chi connectivity index (χ0) is 22.1. The summed E-state index contributed by atoms with van der Waals surface area (Å²) in [6.07, 6.45) is 3.45. The lowest BCUT2D eigenvalue weighted by Crippen LogP contribution is -2.13. The van der Waals surface area contributed by atoms with Crippen molar-refractivity contribution in [1.82, 2.24) is 24.7 Å². The van der Waals surface area contributed by atoms with Crippen molar-refractivity contribution >= 4 is 44.9 Å². The summed E-state index contributed by atoms with van der Waals surface area (Å²) < 4.78 is 1.63. The molecule has 0 saturated carbocycles. The fourth-order valence-electron chi connectivity index (χ4n) is 3.39. The average Bonchev–Trinajstić information content (AvgIpc) is 3.38. The number of aryl methyl sites for hydroxylation is 1. The molecular formula is C23H17ClN6OS. The van der Waals surface area contributed by atoms with Crippen LogP contribution < -0.4 is 5.32 Å². The lowest BCUT2D eigenvalue weighted by atomic mass is 10.2. The van der Waals surface area contributed by atoms with Crippen molar-refractivity contribution in [2.45, 2.75) is 13.5 Å². The Bertz CT molecular complexity index is 1430. The molecule has 9 heteroatoms. The highest BCUT2D eigenvalue weighted by Crippen LogP contribution is 2.27. The SMILES string of the molecule is Cc1nn(Cc2ccccc2)c(Cl)c1C(=O)Nc1nc(-c2ccc3ccncc3n2)cs1. The van der Waals surface area contributed by atoms with E-state index in [1.165, 1.54) is 11.3 Å². The number of carbonyl (C=O) groups excluding carboxylic acids is 1. The molecule has 0 fully saturated rings. The Morgan fingerprint density at radius 2 is 1.94 bits per heavy atom. The fraction of sp³-hybridized carbons (Fsp3) is 0.0870. The monoisotopic (exact) mass is 460 g/mol. The summed E-state index contributed by atoms with van der Waals surface area (Å²) in [5.74, 6) is -0.344. The number of benzene rings is 1. The summed E-state index contributed by atoms with van der Waals surface area (Å²) in [6.45, 7) is 2.25. The number of nitrogens with one attached hydrogen (secondary N) is 1. The number of carbonyl (C=O) groups is 1. The quantitative estimate of drug-likeness (QED) is 0.389. The van der Waals surface area contributed by atoms with Crippen LogP contribution in [0.25, 0.3) is 22.3 Å². The van der Waals surface area contributed by atoms with Gasteiger partial charge in [-0.1, -0.05) is 48.0 Å². The van der Waals surface area contributed by atoms with Crippen LogP contribution in [0, 0.1) is 6.92 Å². The molecule has 1 aromatic carbocycles. The number of thiazole rings is 1. The van der Waals surface area contributed by atoms with Crippen LogP contribution in [0.3, 0.4) is 0 Å². The van der Waals surface area contributed by atoms with E-state index in [1.807, 2.05) is 53.9 Å². The summed E-state index contributed by atoms with van der Waals surface area (Å²) in [5.41, 5.74) is 4.13. The number of aromatic nitrogens is 5. The van der Waals surface area contributed by atoms with Crippen LogP contribution in [0.2, 0.25) is 5.15 Å². The molecule has 0 spiro atoms. The van der Waals surface area contributed by atoms with E-state index in [1.54, 1.807) is 24.0 Å². The number of rotatable bonds is 5. The third-order valence-electron chi connectivity index (χ3n) is 4.95. The molecule has 158 valence electrons. The molecule has 0 aliphatic carbocycles. The van der Waals surface area contributed by atoms with E-state index in [2.05, 4.69) is 25.4 Å². The van der Waals surface area contributed by atoms with Gasteiger partial charge in [0.2, 0.25) is 0 Å². The second kappa shape index (κ2) is 8.49. The van der Waals surface area contributed by atoms with Crippen molar-refractivity contribution in [3.63, 3.8) is 0 Å². The molecule has 0 saturated heterocycles. The van der Waals surface area contributed by atoms with Crippen LogP contribution in [-0.2, 0) is 6.54 Å². The molecule has 0 unspecified atom stereocenters. The van der Waals surface area contributed by atoms with Crippen LogP contribution in [-0.4, -0.2) is 30.6 Å². The van der Waals surface area contributed by atoms with E-state index in [0.29, 0.717) is 39.5 Å². The highest BCUT2D eigenvalue weighted by Gasteiger charge is 2.21. The lowest BCUT2D eigenvalue weighted by molar-refractivity contribution is 0.102. The minimum atomic E-state index is -0.344. The smallest absolute Gasteiger partial charge is 0.262 e. The maximum atomic E-state index is 12.9. The Kier molecular flexibility index (Phi) is 5.38. The Hall–Kier alpha value is -3.62. The average molecular weight is 461 g/mol. The predicted molar refractivity (Wildman–Crippen MR) is 126 cm³/mol. The Morgan fingerprint density at radius 3 is 2.78 bits per heavy atom. The van der Waals surface area contributed by atoms with Gasteiger partial charge in [0.25, 0.3) is 5.91 Å². The van der Waals surface area contributed by atoms with Gasteiger partial charge in [0.1, 0.15) is 10.8 Å². The molecule has 0 aliphatic rings. The van der Waals surface area contributed by atoms with Crippen LogP contribution in [0.1, 0.15) is 21.6 Å². The van der Waals surface area contributed by atoms with Crippen LogP contribution in [0.15, 0.2) is 66.3 Å². The number of hydrogen-bond acceptors (Lipinski definition) is 6. The van der Waals surface area contributed by atoms with Gasteiger partial charge >= 0.3 is 0 Å². The molecular weight excluding hydrogens is 444 g/mol. The summed E-state index contributed by atoms with van der Waals surface area (Å²) in [5, 5.41) is 10.9. The van der Waals surface area contributed by atoms with Gasteiger partial charge in [-0.05, 0) is 24.6 Å².